The number of nitrogens with zero attached hydrogens (tertiary/aromatic N) is 6. The average molecular weight is 424 g/mol. The second kappa shape index (κ2) is 8.73. The van der Waals surface area contributed by atoms with Gasteiger partial charge in [-0.1, -0.05) is 37.3 Å². The molecule has 2 aromatic carbocycles. The van der Waals surface area contributed by atoms with Gasteiger partial charge in [0.2, 0.25) is 0 Å². The molecule has 0 bridgehead atoms. The third kappa shape index (κ3) is 4.36. The lowest BCUT2D eigenvalue weighted by Gasteiger charge is -2.36. The van der Waals surface area contributed by atoms with Crippen LogP contribution in [-0.2, 0) is 25.0 Å². The molecule has 0 radical (unpaired) electrons. The average Bonchev–Trinajstić information content (AvgIpc) is 3.46. The van der Waals surface area contributed by atoms with Gasteiger partial charge in [0.15, 0.2) is 0 Å². The van der Waals surface area contributed by atoms with E-state index >= 15 is 0 Å². The van der Waals surface area contributed by atoms with Crippen LogP contribution < -0.4 is 0 Å². The smallest absolute Gasteiger partial charge is 0.137 e. The minimum Gasteiger partial charge on any atom is -0.381 e. The molecule has 0 amide bonds. The molecule has 2 atom stereocenters. The highest BCUT2D eigenvalue weighted by Gasteiger charge is 2.43. The number of rotatable bonds is 8. The molecule has 0 spiro atoms. The Kier molecular flexibility index (Phi) is 5.85. The van der Waals surface area contributed by atoms with Gasteiger partial charge in [-0.05, 0) is 30.0 Å². The molecule has 0 aliphatic rings. The zero-order chi connectivity index (χ0) is 21.8. The molecule has 7 nitrogen and oxygen atoms in total. The van der Waals surface area contributed by atoms with Gasteiger partial charge >= 0.3 is 0 Å². The maximum atomic E-state index is 14.9. The summed E-state index contributed by atoms with van der Waals surface area (Å²) in [5, 5.41) is 20.3. The van der Waals surface area contributed by atoms with Crippen LogP contribution in [0.15, 0.2) is 67.8 Å². The van der Waals surface area contributed by atoms with Crippen molar-refractivity contribution in [1.82, 2.24) is 29.5 Å². The lowest BCUT2D eigenvalue weighted by atomic mass is 9.82. The quantitative estimate of drug-likeness (QED) is 0.470. The first kappa shape index (κ1) is 20.8. The van der Waals surface area contributed by atoms with Crippen molar-refractivity contribution in [3.05, 3.63) is 96.1 Å². The number of aryl methyl sites for hydroxylation is 1. The lowest BCUT2D eigenvalue weighted by Crippen LogP contribution is -2.43. The standard InChI is InChI=1S/C22H22F2N6O/c1-2-16-3-5-17(6-4-16)9-21(30-15-26-13-28-30)22(31,11-29-14-25-12-27-29)19-8-7-18(23)10-20(19)24/h3-8,10,12-15,21,31H,2,9,11H2,1H3. The predicted molar refractivity (Wildman–Crippen MR) is 109 cm³/mol. The molecular weight excluding hydrogens is 402 g/mol. The minimum absolute atomic E-state index is 0.0601. The van der Waals surface area contributed by atoms with Gasteiger partial charge in [0, 0.05) is 11.6 Å². The van der Waals surface area contributed by atoms with Crippen molar-refractivity contribution in [1.29, 1.82) is 0 Å². The maximum absolute atomic E-state index is 14.9. The van der Waals surface area contributed by atoms with Crippen molar-refractivity contribution < 1.29 is 13.9 Å². The van der Waals surface area contributed by atoms with E-state index in [1.807, 2.05) is 24.3 Å². The summed E-state index contributed by atoms with van der Waals surface area (Å²) < 4.78 is 31.5. The molecule has 160 valence electrons. The summed E-state index contributed by atoms with van der Waals surface area (Å²) >= 11 is 0. The van der Waals surface area contributed by atoms with Crippen LogP contribution in [-0.4, -0.2) is 34.6 Å². The monoisotopic (exact) mass is 424 g/mol. The van der Waals surface area contributed by atoms with Crippen LogP contribution >= 0.6 is 0 Å². The number of halogens is 2. The molecule has 2 aromatic heterocycles. The molecule has 2 unspecified atom stereocenters. The molecule has 4 rings (SSSR count). The van der Waals surface area contributed by atoms with Crippen molar-refractivity contribution in [3.8, 4) is 0 Å². The molecule has 0 saturated heterocycles. The fourth-order valence-corrected chi connectivity index (χ4v) is 3.77. The largest absolute Gasteiger partial charge is 0.381 e. The summed E-state index contributed by atoms with van der Waals surface area (Å²) in [6.45, 7) is 1.95. The normalized spacial score (nSPS) is 14.3. The molecule has 31 heavy (non-hydrogen) atoms. The number of hydrogen-bond donors (Lipinski definition) is 1. The molecule has 4 aromatic rings. The van der Waals surface area contributed by atoms with Crippen molar-refractivity contribution in [2.75, 3.05) is 0 Å². The van der Waals surface area contributed by atoms with Crippen molar-refractivity contribution >= 4 is 0 Å². The number of aromatic nitrogens is 6. The van der Waals surface area contributed by atoms with Crippen molar-refractivity contribution in [2.24, 2.45) is 0 Å². The summed E-state index contributed by atoms with van der Waals surface area (Å²) in [7, 11) is 0. The van der Waals surface area contributed by atoms with Gasteiger partial charge in [-0.3, -0.25) is 0 Å². The fourth-order valence-electron chi connectivity index (χ4n) is 3.77. The van der Waals surface area contributed by atoms with Crippen LogP contribution in [0.25, 0.3) is 0 Å². The van der Waals surface area contributed by atoms with E-state index in [2.05, 4.69) is 27.1 Å². The molecule has 0 saturated carbocycles. The molecular formula is C22H22F2N6O. The highest BCUT2D eigenvalue weighted by Crippen LogP contribution is 2.38. The van der Waals surface area contributed by atoms with E-state index in [4.69, 9.17) is 0 Å². The van der Waals surface area contributed by atoms with Gasteiger partial charge in [-0.25, -0.2) is 28.1 Å². The Hall–Kier alpha value is -3.46. The van der Waals surface area contributed by atoms with Crippen molar-refractivity contribution in [3.63, 3.8) is 0 Å². The summed E-state index contributed by atoms with van der Waals surface area (Å²) in [5.74, 6) is -1.58. The highest BCUT2D eigenvalue weighted by molar-refractivity contribution is 5.29. The molecule has 0 fully saturated rings. The van der Waals surface area contributed by atoms with Gasteiger partial charge in [-0.2, -0.15) is 10.2 Å². The maximum Gasteiger partial charge on any atom is 0.137 e. The highest BCUT2D eigenvalue weighted by atomic mass is 19.1. The van der Waals surface area contributed by atoms with Crippen LogP contribution in [0.4, 0.5) is 8.78 Å². The van der Waals surface area contributed by atoms with E-state index in [9.17, 15) is 13.9 Å². The second-order valence-electron chi connectivity index (χ2n) is 7.41. The number of benzene rings is 2. The Morgan fingerprint density at radius 2 is 1.68 bits per heavy atom. The molecule has 1 N–H and O–H groups in total. The van der Waals surface area contributed by atoms with E-state index in [0.717, 1.165) is 24.1 Å². The molecule has 0 aliphatic carbocycles. The Bertz CT molecular complexity index is 1120. The number of hydrogen-bond acceptors (Lipinski definition) is 5. The summed E-state index contributed by atoms with van der Waals surface area (Å²) in [4.78, 5) is 7.92. The Morgan fingerprint density at radius 3 is 2.29 bits per heavy atom. The minimum atomic E-state index is -1.83. The fraction of sp³-hybridized carbons (Fsp3) is 0.273. The first-order chi connectivity index (χ1) is 15.0. The Balaban J connectivity index is 1.82. The van der Waals surface area contributed by atoms with Gasteiger partial charge < -0.3 is 5.11 Å². The van der Waals surface area contributed by atoms with E-state index in [1.54, 1.807) is 0 Å². The van der Waals surface area contributed by atoms with E-state index in [1.165, 1.54) is 46.3 Å². The zero-order valence-electron chi connectivity index (χ0n) is 16.9. The molecule has 9 heteroatoms. The number of aliphatic hydroxyl groups is 1. The summed E-state index contributed by atoms with van der Waals surface area (Å²) in [6, 6.07) is 10.4. The molecule has 0 aliphatic heterocycles. The van der Waals surface area contributed by atoms with Gasteiger partial charge in [0.25, 0.3) is 0 Å². The Morgan fingerprint density at radius 1 is 0.968 bits per heavy atom. The van der Waals surface area contributed by atoms with E-state index < -0.39 is 23.3 Å². The summed E-state index contributed by atoms with van der Waals surface area (Å²) in [6.07, 6.45) is 6.82. The third-order valence-corrected chi connectivity index (χ3v) is 5.43. The van der Waals surface area contributed by atoms with Crippen LogP contribution in [0.5, 0.6) is 0 Å². The van der Waals surface area contributed by atoms with Crippen LogP contribution in [0.3, 0.4) is 0 Å². The molecule has 2 heterocycles. The van der Waals surface area contributed by atoms with E-state index in [-0.39, 0.29) is 12.1 Å². The van der Waals surface area contributed by atoms with Crippen molar-refractivity contribution in [2.45, 2.75) is 38.0 Å². The van der Waals surface area contributed by atoms with Gasteiger partial charge in [0.05, 0.1) is 12.6 Å². The summed E-state index contributed by atoms with van der Waals surface area (Å²) in [5.41, 5.74) is 0.221. The first-order valence-electron chi connectivity index (χ1n) is 9.92. The predicted octanol–water partition coefficient (Wildman–Crippen LogP) is 3.08. The van der Waals surface area contributed by atoms with Crippen LogP contribution in [0.2, 0.25) is 0 Å². The van der Waals surface area contributed by atoms with Crippen LogP contribution in [0, 0.1) is 11.6 Å². The first-order valence-corrected chi connectivity index (χ1v) is 9.92. The van der Waals surface area contributed by atoms with Gasteiger partial charge in [-0.15, -0.1) is 0 Å². The Labute approximate surface area is 178 Å². The lowest BCUT2D eigenvalue weighted by molar-refractivity contribution is -0.0435. The second-order valence-corrected chi connectivity index (χ2v) is 7.41. The van der Waals surface area contributed by atoms with Crippen LogP contribution in [0.1, 0.15) is 29.7 Å². The SMILES string of the molecule is CCc1ccc(CC(n2cncn2)C(O)(Cn2cncn2)c2ccc(F)cc2F)cc1. The topological polar surface area (TPSA) is 81.6 Å². The van der Waals surface area contributed by atoms with Gasteiger partial charge in [0.1, 0.15) is 42.5 Å². The van der Waals surface area contributed by atoms with E-state index in [0.29, 0.717) is 6.42 Å². The zero-order valence-corrected chi connectivity index (χ0v) is 16.9. The third-order valence-electron chi connectivity index (χ3n) is 5.43.